The van der Waals surface area contributed by atoms with Crippen LogP contribution in [0.25, 0.3) is 10.8 Å². The van der Waals surface area contributed by atoms with Crippen LogP contribution in [0, 0.1) is 18.8 Å². The predicted octanol–water partition coefficient (Wildman–Crippen LogP) is -0.774. The van der Waals surface area contributed by atoms with Crippen LogP contribution < -0.4 is 11.5 Å². The molecule has 0 spiro atoms. The third-order valence-corrected chi connectivity index (χ3v) is 6.18. The van der Waals surface area contributed by atoms with Crippen LogP contribution in [-0.2, 0) is 20.8 Å². The number of benzene rings is 2. The van der Waals surface area contributed by atoms with E-state index in [2.05, 4.69) is 0 Å². The van der Waals surface area contributed by atoms with E-state index in [0.29, 0.717) is 16.5 Å². The third kappa shape index (κ3) is 2.16. The first kappa shape index (κ1) is 19.0. The van der Waals surface area contributed by atoms with Gasteiger partial charge in [0.2, 0.25) is 11.7 Å². The van der Waals surface area contributed by atoms with Crippen LogP contribution in [0.3, 0.4) is 0 Å². The van der Waals surface area contributed by atoms with Crippen molar-refractivity contribution in [3.8, 4) is 11.5 Å². The van der Waals surface area contributed by atoms with Gasteiger partial charge in [0.05, 0.1) is 17.0 Å². The molecule has 2 aliphatic carbocycles. The van der Waals surface area contributed by atoms with Crippen molar-refractivity contribution in [1.82, 2.24) is 0 Å². The first-order chi connectivity index (χ1) is 13.5. The zero-order chi connectivity index (χ0) is 21.4. The Hall–Kier alpha value is -3.30. The molecule has 0 heterocycles. The number of aromatic hydroxyl groups is 2. The zero-order valence-electron chi connectivity index (χ0n) is 15.3. The molecule has 1 fully saturated rings. The molecule has 1 amide bonds. The smallest absolute Gasteiger partial charge is 0.235 e. The number of nitrogens with two attached hydrogens (primary N) is 2. The average Bonchev–Trinajstić information content (AvgIpc) is 2.66. The minimum absolute atomic E-state index is 0.00534. The van der Waals surface area contributed by atoms with Gasteiger partial charge in [0, 0.05) is 5.92 Å². The number of carbonyl (C=O) groups is 4. The summed E-state index contributed by atoms with van der Waals surface area (Å²) < 4.78 is 0. The number of hydrogen-bond acceptors (Lipinski definition) is 8. The Morgan fingerprint density at radius 1 is 1.21 bits per heavy atom. The monoisotopic (exact) mass is 398 g/mol. The molecule has 7 N–H and O–H groups in total. The lowest BCUT2D eigenvalue weighted by Gasteiger charge is -2.45. The molecule has 0 aromatic heterocycles. The van der Waals surface area contributed by atoms with Gasteiger partial charge in [-0.05, 0) is 35.9 Å². The second-order valence-electron chi connectivity index (χ2n) is 7.56. The largest absolute Gasteiger partial charge is 0.507 e. The van der Waals surface area contributed by atoms with Crippen LogP contribution in [0.4, 0.5) is 0 Å². The predicted molar refractivity (Wildman–Crippen MR) is 99.2 cm³/mol. The lowest BCUT2D eigenvalue weighted by molar-refractivity contribution is -0.158. The molecule has 1 saturated carbocycles. The van der Waals surface area contributed by atoms with E-state index in [1.54, 1.807) is 19.1 Å². The highest BCUT2D eigenvalue weighted by molar-refractivity contribution is 6.33. The molecule has 0 saturated heterocycles. The zero-order valence-corrected chi connectivity index (χ0v) is 15.3. The van der Waals surface area contributed by atoms with Gasteiger partial charge in [-0.15, -0.1) is 0 Å². The fourth-order valence-electron chi connectivity index (χ4n) is 4.64. The van der Waals surface area contributed by atoms with Crippen molar-refractivity contribution >= 4 is 34.0 Å². The van der Waals surface area contributed by atoms with Crippen molar-refractivity contribution in [2.75, 3.05) is 0 Å². The van der Waals surface area contributed by atoms with E-state index >= 15 is 0 Å². The van der Waals surface area contributed by atoms with Crippen LogP contribution in [-0.4, -0.2) is 50.2 Å². The highest BCUT2D eigenvalue weighted by Crippen LogP contribution is 2.48. The van der Waals surface area contributed by atoms with Crippen molar-refractivity contribution < 1.29 is 34.5 Å². The summed E-state index contributed by atoms with van der Waals surface area (Å²) in [5, 5.41) is 32.5. The number of rotatable bonds is 1. The van der Waals surface area contributed by atoms with Gasteiger partial charge in [0.1, 0.15) is 11.5 Å². The quantitative estimate of drug-likeness (QED) is 0.388. The normalized spacial score (nSPS) is 28.9. The lowest BCUT2D eigenvalue weighted by Crippen LogP contribution is -2.71. The number of fused-ring (bicyclic) bond motifs is 3. The Labute approximate surface area is 163 Å². The number of Topliss-reactive ketones (excluding diaryl/α,β-unsaturated/α-hetero) is 3. The molecule has 0 unspecified atom stereocenters. The van der Waals surface area contributed by atoms with Gasteiger partial charge in [-0.1, -0.05) is 12.1 Å². The highest BCUT2D eigenvalue weighted by Gasteiger charge is 2.65. The van der Waals surface area contributed by atoms with Gasteiger partial charge in [-0.25, -0.2) is 0 Å². The van der Waals surface area contributed by atoms with Gasteiger partial charge in [-0.2, -0.15) is 0 Å². The van der Waals surface area contributed by atoms with Crippen LogP contribution in [0.15, 0.2) is 18.2 Å². The van der Waals surface area contributed by atoms with E-state index in [-0.39, 0.29) is 23.1 Å². The number of aryl methyl sites for hydroxylation is 1. The van der Waals surface area contributed by atoms with E-state index in [9.17, 15) is 34.5 Å². The molecular weight excluding hydrogens is 380 g/mol. The van der Waals surface area contributed by atoms with Crippen molar-refractivity contribution in [3.63, 3.8) is 0 Å². The molecular formula is C20H18N2O7. The fourth-order valence-corrected chi connectivity index (χ4v) is 4.64. The van der Waals surface area contributed by atoms with Crippen molar-refractivity contribution in [2.45, 2.75) is 25.0 Å². The van der Waals surface area contributed by atoms with Crippen molar-refractivity contribution in [2.24, 2.45) is 23.3 Å². The number of phenols is 2. The Kier molecular flexibility index (Phi) is 3.84. The van der Waals surface area contributed by atoms with E-state index in [1.165, 1.54) is 6.07 Å². The Balaban J connectivity index is 2.05. The maximum atomic E-state index is 13.3. The van der Waals surface area contributed by atoms with E-state index in [1.807, 2.05) is 0 Å². The topological polar surface area (TPSA) is 181 Å². The number of ketones is 3. The molecule has 4 atom stereocenters. The summed E-state index contributed by atoms with van der Waals surface area (Å²) in [7, 11) is 0. The summed E-state index contributed by atoms with van der Waals surface area (Å²) in [5.74, 6) is -9.01. The van der Waals surface area contributed by atoms with Gasteiger partial charge in [0.15, 0.2) is 23.1 Å². The molecule has 9 heteroatoms. The first-order valence-electron chi connectivity index (χ1n) is 8.89. The minimum Gasteiger partial charge on any atom is -0.507 e. The van der Waals surface area contributed by atoms with E-state index < -0.39 is 52.5 Å². The minimum atomic E-state index is -2.79. The molecule has 29 heavy (non-hydrogen) atoms. The number of amides is 1. The van der Waals surface area contributed by atoms with Gasteiger partial charge in [-0.3, -0.25) is 19.2 Å². The van der Waals surface area contributed by atoms with Crippen LogP contribution in [0.2, 0.25) is 0 Å². The maximum Gasteiger partial charge on any atom is 0.235 e. The summed E-state index contributed by atoms with van der Waals surface area (Å²) in [6.45, 7) is 1.65. The van der Waals surface area contributed by atoms with Crippen LogP contribution in [0.1, 0.15) is 21.5 Å². The molecule has 2 aliphatic rings. The lowest BCUT2D eigenvalue weighted by atomic mass is 9.58. The molecule has 4 rings (SSSR count). The van der Waals surface area contributed by atoms with Crippen LogP contribution >= 0.6 is 0 Å². The number of aliphatic hydroxyl groups is 1. The molecule has 150 valence electrons. The first-order valence-corrected chi connectivity index (χ1v) is 8.89. The number of phenolic OH excluding ortho intramolecular Hbond substituents is 2. The van der Waals surface area contributed by atoms with Gasteiger partial charge < -0.3 is 26.8 Å². The summed E-state index contributed by atoms with van der Waals surface area (Å²) in [6, 6.07) is 3.04. The summed E-state index contributed by atoms with van der Waals surface area (Å²) in [6.07, 6.45) is -0.160. The second kappa shape index (κ2) is 5.85. The highest BCUT2D eigenvalue weighted by atomic mass is 16.3. The van der Waals surface area contributed by atoms with E-state index in [4.69, 9.17) is 11.5 Å². The third-order valence-electron chi connectivity index (χ3n) is 6.18. The molecule has 0 bridgehead atoms. The van der Waals surface area contributed by atoms with Gasteiger partial charge >= 0.3 is 0 Å². The Morgan fingerprint density at radius 2 is 1.86 bits per heavy atom. The van der Waals surface area contributed by atoms with Crippen LogP contribution in [0.5, 0.6) is 11.5 Å². The average molecular weight is 398 g/mol. The fraction of sp³-hybridized carbons (Fsp3) is 0.300. The van der Waals surface area contributed by atoms with Crippen molar-refractivity contribution in [3.05, 3.63) is 34.9 Å². The molecule has 0 radical (unpaired) electrons. The Bertz CT molecular complexity index is 1160. The second-order valence-corrected chi connectivity index (χ2v) is 7.56. The van der Waals surface area contributed by atoms with Gasteiger partial charge in [0.25, 0.3) is 0 Å². The number of hydrogen-bond donors (Lipinski definition) is 5. The molecule has 0 aliphatic heterocycles. The Morgan fingerprint density at radius 3 is 2.48 bits per heavy atom. The summed E-state index contributed by atoms with van der Waals surface area (Å²) >= 11 is 0. The summed E-state index contributed by atoms with van der Waals surface area (Å²) in [4.78, 5) is 50.2. The van der Waals surface area contributed by atoms with E-state index in [0.717, 1.165) is 0 Å². The molecule has 2 aromatic rings. The molecule has 2 aromatic carbocycles. The molecule has 9 nitrogen and oxygen atoms in total. The van der Waals surface area contributed by atoms with Crippen molar-refractivity contribution in [1.29, 1.82) is 0 Å². The standard InChI is InChI=1S/C20H18N2O7/c1-6-7-3-2-4-10(23)11(7)15(24)12-8(6)5-9-14(21)16(25)13(19(22)28)18(27)20(9,29)17(12)26/h2-4,9,13-14,23-24,29H,5,21H2,1H3,(H2,22,28)/t9-,13+,14+,20-/m0/s1. The number of carbonyl (C=O) groups excluding carboxylic acids is 4. The number of primary amides is 1. The SMILES string of the molecule is Cc1c2c(c(O)c3c(O)cccc13)C(=O)[C@]1(O)C(=O)[C@H](C(N)=O)C(=O)[C@H](N)[C@@H]1C2. The summed E-state index contributed by atoms with van der Waals surface area (Å²) in [5.41, 5.74) is 8.78. The maximum absolute atomic E-state index is 13.3.